The Morgan fingerprint density at radius 1 is 1.06 bits per heavy atom. The Hall–Kier alpha value is -1.35. The lowest BCUT2D eigenvalue weighted by Crippen LogP contribution is -2.21. The van der Waals surface area contributed by atoms with E-state index in [1.807, 2.05) is 36.4 Å². The lowest BCUT2D eigenvalue weighted by atomic mass is 10.0. The lowest BCUT2D eigenvalue weighted by molar-refractivity contribution is 0.0829. The summed E-state index contributed by atoms with van der Waals surface area (Å²) in [7, 11) is 3.53. The maximum atomic E-state index is 12.0. The number of carbonyl (C=O) groups excluding carboxylic acids is 1. The molecule has 0 N–H and O–H groups in total. The van der Waals surface area contributed by atoms with Gasteiger partial charge < -0.3 is 4.90 Å². The number of rotatable bonds is 1. The first kappa shape index (κ1) is 11.1. The highest BCUT2D eigenvalue weighted by atomic mass is 79.9. The van der Waals surface area contributed by atoms with Crippen LogP contribution in [0.25, 0.3) is 10.8 Å². The molecule has 0 aliphatic carbocycles. The molecule has 0 aliphatic rings. The van der Waals surface area contributed by atoms with Crippen molar-refractivity contribution in [2.45, 2.75) is 0 Å². The van der Waals surface area contributed by atoms with Crippen molar-refractivity contribution in [3.05, 3.63) is 46.4 Å². The maximum Gasteiger partial charge on any atom is 0.253 e. The van der Waals surface area contributed by atoms with Gasteiger partial charge in [-0.05, 0) is 22.9 Å². The number of nitrogens with zero attached hydrogens (tertiary/aromatic N) is 1. The van der Waals surface area contributed by atoms with E-state index in [1.165, 1.54) is 0 Å². The van der Waals surface area contributed by atoms with Crippen LogP contribution in [0.15, 0.2) is 40.9 Å². The minimum atomic E-state index is 0.0312. The number of fused-ring (bicyclic) bond motifs is 1. The van der Waals surface area contributed by atoms with E-state index in [0.29, 0.717) is 0 Å². The third kappa shape index (κ3) is 1.83. The average molecular weight is 278 g/mol. The Morgan fingerprint density at radius 3 is 2.38 bits per heavy atom. The molecule has 2 nitrogen and oxygen atoms in total. The minimum absolute atomic E-state index is 0.0312. The third-order valence-corrected chi connectivity index (χ3v) is 3.20. The summed E-state index contributed by atoms with van der Waals surface area (Å²) in [4.78, 5) is 13.6. The zero-order chi connectivity index (χ0) is 11.7. The summed E-state index contributed by atoms with van der Waals surface area (Å²) in [5.74, 6) is 0.0312. The van der Waals surface area contributed by atoms with Crippen LogP contribution in [-0.4, -0.2) is 24.9 Å². The van der Waals surface area contributed by atoms with E-state index in [1.54, 1.807) is 19.0 Å². The van der Waals surface area contributed by atoms with Crippen LogP contribution >= 0.6 is 15.9 Å². The van der Waals surface area contributed by atoms with Gasteiger partial charge in [0.15, 0.2) is 0 Å². The Bertz CT molecular complexity index is 549. The SMILES string of the molecule is CN(C)C(=O)c1cccc2c(Br)cccc12. The van der Waals surface area contributed by atoms with E-state index in [2.05, 4.69) is 15.9 Å². The minimum Gasteiger partial charge on any atom is -0.345 e. The number of benzene rings is 2. The van der Waals surface area contributed by atoms with Gasteiger partial charge in [-0.3, -0.25) is 4.79 Å². The molecule has 0 saturated carbocycles. The van der Waals surface area contributed by atoms with Gasteiger partial charge in [-0.25, -0.2) is 0 Å². The van der Waals surface area contributed by atoms with Crippen LogP contribution < -0.4 is 0 Å². The quantitative estimate of drug-likeness (QED) is 0.783. The molecule has 16 heavy (non-hydrogen) atoms. The van der Waals surface area contributed by atoms with Crippen molar-refractivity contribution in [1.82, 2.24) is 4.90 Å². The van der Waals surface area contributed by atoms with Crippen molar-refractivity contribution in [2.75, 3.05) is 14.1 Å². The van der Waals surface area contributed by atoms with E-state index >= 15 is 0 Å². The second-order valence-corrected chi connectivity index (χ2v) is 4.69. The number of hydrogen-bond donors (Lipinski definition) is 0. The first-order chi connectivity index (χ1) is 7.61. The smallest absolute Gasteiger partial charge is 0.253 e. The maximum absolute atomic E-state index is 12.0. The Labute approximate surface area is 103 Å². The van der Waals surface area contributed by atoms with Crippen LogP contribution in [-0.2, 0) is 0 Å². The molecule has 2 rings (SSSR count). The summed E-state index contributed by atoms with van der Waals surface area (Å²) < 4.78 is 1.01. The van der Waals surface area contributed by atoms with Gasteiger partial charge in [0.05, 0.1) is 0 Å². The molecule has 0 unspecified atom stereocenters. The summed E-state index contributed by atoms with van der Waals surface area (Å²) in [5, 5.41) is 2.05. The zero-order valence-corrected chi connectivity index (χ0v) is 10.8. The van der Waals surface area contributed by atoms with E-state index in [4.69, 9.17) is 0 Å². The highest BCUT2D eigenvalue weighted by Crippen LogP contribution is 2.26. The third-order valence-electron chi connectivity index (χ3n) is 2.51. The largest absolute Gasteiger partial charge is 0.345 e. The summed E-state index contributed by atoms with van der Waals surface area (Å²) in [6.45, 7) is 0. The van der Waals surface area contributed by atoms with Crippen LogP contribution in [0.5, 0.6) is 0 Å². The predicted octanol–water partition coefficient (Wildman–Crippen LogP) is 3.30. The van der Waals surface area contributed by atoms with Gasteiger partial charge in [0, 0.05) is 24.1 Å². The molecule has 0 heterocycles. The highest BCUT2D eigenvalue weighted by Gasteiger charge is 2.12. The fourth-order valence-corrected chi connectivity index (χ4v) is 2.20. The van der Waals surface area contributed by atoms with E-state index in [0.717, 1.165) is 20.8 Å². The van der Waals surface area contributed by atoms with E-state index in [-0.39, 0.29) is 5.91 Å². The number of carbonyl (C=O) groups is 1. The molecule has 0 saturated heterocycles. The number of halogens is 1. The van der Waals surface area contributed by atoms with Crippen molar-refractivity contribution >= 4 is 32.6 Å². The molecule has 0 spiro atoms. The topological polar surface area (TPSA) is 20.3 Å². The van der Waals surface area contributed by atoms with Crippen LogP contribution in [0.1, 0.15) is 10.4 Å². The van der Waals surface area contributed by atoms with Gasteiger partial charge in [0.2, 0.25) is 0 Å². The summed E-state index contributed by atoms with van der Waals surface area (Å²) in [6.07, 6.45) is 0. The standard InChI is InChI=1S/C13H12BrNO/c1-15(2)13(16)11-7-3-6-10-9(11)5-4-8-12(10)14/h3-8H,1-2H3. The Morgan fingerprint density at radius 2 is 1.69 bits per heavy atom. The predicted molar refractivity (Wildman–Crippen MR) is 69.7 cm³/mol. The van der Waals surface area contributed by atoms with Crippen LogP contribution in [0.2, 0.25) is 0 Å². The first-order valence-corrected chi connectivity index (χ1v) is 5.79. The van der Waals surface area contributed by atoms with Crippen LogP contribution in [0.3, 0.4) is 0 Å². The monoisotopic (exact) mass is 277 g/mol. The molecule has 82 valence electrons. The fraction of sp³-hybridized carbons (Fsp3) is 0.154. The van der Waals surface area contributed by atoms with Gasteiger partial charge in [0.1, 0.15) is 0 Å². The average Bonchev–Trinajstić information content (AvgIpc) is 2.28. The van der Waals surface area contributed by atoms with Crippen LogP contribution in [0, 0.1) is 0 Å². The second-order valence-electron chi connectivity index (χ2n) is 3.84. The summed E-state index contributed by atoms with van der Waals surface area (Å²) >= 11 is 3.49. The molecule has 1 amide bonds. The zero-order valence-electron chi connectivity index (χ0n) is 9.20. The lowest BCUT2D eigenvalue weighted by Gasteiger charge is -2.12. The van der Waals surface area contributed by atoms with Crippen molar-refractivity contribution in [3.63, 3.8) is 0 Å². The molecule has 0 bridgehead atoms. The van der Waals surface area contributed by atoms with Gasteiger partial charge in [-0.15, -0.1) is 0 Å². The highest BCUT2D eigenvalue weighted by molar-refractivity contribution is 9.10. The van der Waals surface area contributed by atoms with Gasteiger partial charge in [0.25, 0.3) is 5.91 Å². The number of hydrogen-bond acceptors (Lipinski definition) is 1. The molecule has 0 fully saturated rings. The fourth-order valence-electron chi connectivity index (χ4n) is 1.70. The molecule has 2 aromatic rings. The van der Waals surface area contributed by atoms with Crippen molar-refractivity contribution < 1.29 is 4.79 Å². The summed E-state index contributed by atoms with van der Waals surface area (Å²) in [6, 6.07) is 11.7. The Kier molecular flexibility index (Phi) is 2.97. The van der Waals surface area contributed by atoms with E-state index < -0.39 is 0 Å². The molecular weight excluding hydrogens is 266 g/mol. The normalized spacial score (nSPS) is 10.4. The molecule has 0 aliphatic heterocycles. The first-order valence-electron chi connectivity index (χ1n) is 5.00. The Balaban J connectivity index is 2.72. The molecule has 0 radical (unpaired) electrons. The van der Waals surface area contributed by atoms with Gasteiger partial charge in [-0.1, -0.05) is 40.2 Å². The molecule has 3 heteroatoms. The summed E-state index contributed by atoms with van der Waals surface area (Å²) in [5.41, 5.74) is 0.740. The van der Waals surface area contributed by atoms with Crippen LogP contribution in [0.4, 0.5) is 0 Å². The molecule has 0 atom stereocenters. The van der Waals surface area contributed by atoms with Crippen molar-refractivity contribution in [1.29, 1.82) is 0 Å². The number of amides is 1. The van der Waals surface area contributed by atoms with Gasteiger partial charge >= 0.3 is 0 Å². The second kappa shape index (κ2) is 4.26. The molecular formula is C13H12BrNO. The molecule has 0 aromatic heterocycles. The molecule has 2 aromatic carbocycles. The van der Waals surface area contributed by atoms with Gasteiger partial charge in [-0.2, -0.15) is 0 Å². The van der Waals surface area contributed by atoms with E-state index in [9.17, 15) is 4.79 Å². The van der Waals surface area contributed by atoms with Crippen molar-refractivity contribution in [2.24, 2.45) is 0 Å². The van der Waals surface area contributed by atoms with Crippen molar-refractivity contribution in [3.8, 4) is 0 Å².